The number of carbonyl (C=O) groups is 1. The number of nitrogens with two attached hydrogens (primary N) is 1. The van der Waals surface area contributed by atoms with Crippen LogP contribution < -0.4 is 11.1 Å². The van der Waals surface area contributed by atoms with Crippen molar-refractivity contribution in [1.82, 2.24) is 5.32 Å². The molecule has 20 heavy (non-hydrogen) atoms. The van der Waals surface area contributed by atoms with Gasteiger partial charge in [0, 0.05) is 29.7 Å². The van der Waals surface area contributed by atoms with E-state index < -0.39 is 5.54 Å². The Morgan fingerprint density at radius 3 is 2.60 bits per heavy atom. The number of hydrogen-bond donors (Lipinski definition) is 3. The lowest BCUT2D eigenvalue weighted by molar-refractivity contribution is -0.171. The van der Waals surface area contributed by atoms with E-state index >= 15 is 0 Å². The van der Waals surface area contributed by atoms with E-state index in [0.717, 1.165) is 0 Å². The number of aliphatic hydroxyl groups is 1. The summed E-state index contributed by atoms with van der Waals surface area (Å²) in [6.07, 6.45) is 2.48. The summed E-state index contributed by atoms with van der Waals surface area (Å²) in [6.45, 7) is 8.44. The van der Waals surface area contributed by atoms with Gasteiger partial charge in [-0.25, -0.2) is 0 Å². The lowest BCUT2D eigenvalue weighted by atomic mass is 9.54. The molecule has 0 bridgehead atoms. The lowest BCUT2D eigenvalue weighted by Gasteiger charge is -2.57. The lowest BCUT2D eigenvalue weighted by Crippen LogP contribution is -2.76. The minimum Gasteiger partial charge on any atom is -0.395 e. The highest BCUT2D eigenvalue weighted by Crippen LogP contribution is 2.49. The zero-order valence-electron chi connectivity index (χ0n) is 13.1. The Morgan fingerprint density at radius 2 is 2.20 bits per heavy atom. The van der Waals surface area contributed by atoms with Crippen LogP contribution in [0, 0.1) is 5.41 Å². The molecule has 0 saturated heterocycles. The highest BCUT2D eigenvalue weighted by Gasteiger charge is 2.63. The van der Waals surface area contributed by atoms with E-state index in [4.69, 9.17) is 10.5 Å². The Morgan fingerprint density at radius 1 is 1.60 bits per heavy atom. The van der Waals surface area contributed by atoms with E-state index in [2.05, 4.69) is 5.32 Å². The number of nitrogens with one attached hydrogen (secondary N) is 1. The van der Waals surface area contributed by atoms with Gasteiger partial charge in [0.05, 0.1) is 12.7 Å². The molecule has 0 aromatic carbocycles. The van der Waals surface area contributed by atoms with Gasteiger partial charge in [0.1, 0.15) is 5.54 Å². The van der Waals surface area contributed by atoms with E-state index in [1.54, 1.807) is 0 Å². The maximum Gasteiger partial charge on any atom is 0.241 e. The van der Waals surface area contributed by atoms with Crippen LogP contribution in [0.25, 0.3) is 0 Å². The standard InChI is InChI=1S/C14H28N2O3S/c1-6-19-11-7-14(15,13(11,3)4)12(18)16-9(2)10(8-17)20-5/h9-11,17H,6-8,15H2,1-5H3,(H,16,18). The summed E-state index contributed by atoms with van der Waals surface area (Å²) in [5.41, 5.74) is 5.02. The molecule has 1 amide bonds. The van der Waals surface area contributed by atoms with Crippen molar-refractivity contribution in [2.45, 2.75) is 57.1 Å². The molecule has 4 N–H and O–H groups in total. The van der Waals surface area contributed by atoms with Crippen LogP contribution in [-0.4, -0.2) is 53.4 Å². The third kappa shape index (κ3) is 2.98. The predicted octanol–water partition coefficient (Wildman–Crippen LogP) is 0.748. The SMILES string of the molecule is CCOC1CC(N)(C(=O)NC(C)C(CO)SC)C1(C)C. The number of hydrogen-bond acceptors (Lipinski definition) is 5. The minimum absolute atomic E-state index is 0.0200. The molecule has 0 radical (unpaired) electrons. The Labute approximate surface area is 126 Å². The Bertz CT molecular complexity index is 347. The molecule has 4 atom stereocenters. The average Bonchev–Trinajstić information content (AvgIpc) is 2.39. The van der Waals surface area contributed by atoms with E-state index in [1.165, 1.54) is 11.8 Å². The third-order valence-electron chi connectivity index (χ3n) is 4.63. The Kier molecular flexibility index (Phi) is 5.89. The number of ether oxygens (including phenoxy) is 1. The maximum atomic E-state index is 12.5. The van der Waals surface area contributed by atoms with Crippen molar-refractivity contribution >= 4 is 17.7 Å². The van der Waals surface area contributed by atoms with Gasteiger partial charge < -0.3 is 20.9 Å². The second-order valence-electron chi connectivity index (χ2n) is 6.06. The summed E-state index contributed by atoms with van der Waals surface area (Å²) in [5.74, 6) is -0.154. The highest BCUT2D eigenvalue weighted by molar-refractivity contribution is 7.99. The number of amides is 1. The second kappa shape index (κ2) is 6.64. The number of thioether (sulfide) groups is 1. The van der Waals surface area contributed by atoms with Crippen molar-refractivity contribution in [2.24, 2.45) is 11.1 Å². The van der Waals surface area contributed by atoms with E-state index in [0.29, 0.717) is 13.0 Å². The molecule has 1 saturated carbocycles. The average molecular weight is 304 g/mol. The molecule has 1 fully saturated rings. The van der Waals surface area contributed by atoms with Gasteiger partial charge in [0.15, 0.2) is 0 Å². The van der Waals surface area contributed by atoms with Crippen LogP contribution in [0.1, 0.15) is 34.1 Å². The molecule has 0 spiro atoms. The Balaban J connectivity index is 2.68. The summed E-state index contributed by atoms with van der Waals surface area (Å²) in [6, 6.07) is -0.120. The molecule has 1 aliphatic carbocycles. The summed E-state index contributed by atoms with van der Waals surface area (Å²) < 4.78 is 5.63. The first kappa shape index (κ1) is 17.8. The first-order valence-electron chi connectivity index (χ1n) is 7.09. The van der Waals surface area contributed by atoms with Gasteiger partial charge in [0.25, 0.3) is 0 Å². The molecule has 0 aliphatic heterocycles. The van der Waals surface area contributed by atoms with Crippen LogP contribution >= 0.6 is 11.8 Å². The van der Waals surface area contributed by atoms with Crippen molar-refractivity contribution in [3.05, 3.63) is 0 Å². The van der Waals surface area contributed by atoms with Gasteiger partial charge in [-0.3, -0.25) is 4.79 Å². The molecular weight excluding hydrogens is 276 g/mol. The Hall–Kier alpha value is -0.300. The normalized spacial score (nSPS) is 31.2. The molecule has 1 aliphatic rings. The summed E-state index contributed by atoms with van der Waals surface area (Å²) in [4.78, 5) is 12.5. The van der Waals surface area contributed by atoms with E-state index in [9.17, 15) is 9.90 Å². The van der Waals surface area contributed by atoms with Crippen LogP contribution in [0.15, 0.2) is 0 Å². The molecule has 4 unspecified atom stereocenters. The molecule has 0 aromatic rings. The minimum atomic E-state index is -0.903. The van der Waals surface area contributed by atoms with E-state index in [1.807, 2.05) is 34.0 Å². The second-order valence-corrected chi connectivity index (χ2v) is 7.14. The number of aliphatic hydroxyl groups excluding tert-OH is 1. The summed E-state index contributed by atoms with van der Waals surface area (Å²) in [7, 11) is 0. The highest BCUT2D eigenvalue weighted by atomic mass is 32.2. The van der Waals surface area contributed by atoms with Gasteiger partial charge in [-0.2, -0.15) is 11.8 Å². The van der Waals surface area contributed by atoms with Gasteiger partial charge in [0.2, 0.25) is 5.91 Å². The van der Waals surface area contributed by atoms with Gasteiger partial charge in [-0.15, -0.1) is 0 Å². The van der Waals surface area contributed by atoms with Crippen LogP contribution in [0.3, 0.4) is 0 Å². The maximum absolute atomic E-state index is 12.5. The van der Waals surface area contributed by atoms with Crippen molar-refractivity contribution in [3.8, 4) is 0 Å². The first-order valence-corrected chi connectivity index (χ1v) is 8.38. The number of carbonyl (C=O) groups excluding carboxylic acids is 1. The zero-order chi connectivity index (χ0) is 15.6. The molecule has 6 heteroatoms. The number of rotatable bonds is 7. The largest absolute Gasteiger partial charge is 0.395 e. The fraction of sp³-hybridized carbons (Fsp3) is 0.929. The predicted molar refractivity (Wildman–Crippen MR) is 82.7 cm³/mol. The van der Waals surface area contributed by atoms with E-state index in [-0.39, 0.29) is 35.3 Å². The molecular formula is C14H28N2O3S. The fourth-order valence-electron chi connectivity index (χ4n) is 2.69. The van der Waals surface area contributed by atoms with Gasteiger partial charge in [-0.1, -0.05) is 13.8 Å². The third-order valence-corrected chi connectivity index (χ3v) is 5.80. The topological polar surface area (TPSA) is 84.6 Å². The first-order chi connectivity index (χ1) is 9.24. The smallest absolute Gasteiger partial charge is 0.241 e. The monoisotopic (exact) mass is 304 g/mol. The molecule has 118 valence electrons. The van der Waals surface area contributed by atoms with Crippen molar-refractivity contribution in [1.29, 1.82) is 0 Å². The van der Waals surface area contributed by atoms with Crippen molar-refractivity contribution in [2.75, 3.05) is 19.5 Å². The van der Waals surface area contributed by atoms with Crippen LogP contribution in [0.5, 0.6) is 0 Å². The van der Waals surface area contributed by atoms with Crippen molar-refractivity contribution < 1.29 is 14.6 Å². The fourth-order valence-corrected chi connectivity index (χ4v) is 3.31. The van der Waals surface area contributed by atoms with Gasteiger partial charge in [-0.05, 0) is 20.1 Å². The van der Waals surface area contributed by atoms with Crippen LogP contribution in [0.2, 0.25) is 0 Å². The van der Waals surface area contributed by atoms with Crippen LogP contribution in [-0.2, 0) is 9.53 Å². The quantitative estimate of drug-likeness (QED) is 0.646. The molecule has 5 nitrogen and oxygen atoms in total. The van der Waals surface area contributed by atoms with Gasteiger partial charge >= 0.3 is 0 Å². The van der Waals surface area contributed by atoms with Crippen molar-refractivity contribution in [3.63, 3.8) is 0 Å². The summed E-state index contributed by atoms with van der Waals surface area (Å²) >= 11 is 1.53. The zero-order valence-corrected chi connectivity index (χ0v) is 13.9. The molecule has 0 aromatic heterocycles. The summed E-state index contributed by atoms with van der Waals surface area (Å²) in [5, 5.41) is 12.2. The molecule has 1 rings (SSSR count). The van der Waals surface area contributed by atoms with Crippen LogP contribution in [0.4, 0.5) is 0 Å². The molecule has 0 heterocycles.